The molecule has 41 heavy (non-hydrogen) atoms. The number of rotatable bonds is 10. The second kappa shape index (κ2) is 11.8. The third kappa shape index (κ3) is 6.42. The average Bonchev–Trinajstić information content (AvgIpc) is 2.87. The Kier molecular flexibility index (Phi) is 9.27. The molecule has 1 heterocycles. The van der Waals surface area contributed by atoms with E-state index in [0.717, 1.165) is 27.8 Å². The van der Waals surface area contributed by atoms with Gasteiger partial charge in [0.1, 0.15) is 0 Å². The highest BCUT2D eigenvalue weighted by Gasteiger charge is 2.69. The van der Waals surface area contributed by atoms with Crippen LogP contribution in [0.2, 0.25) is 0 Å². The van der Waals surface area contributed by atoms with Crippen LogP contribution in [-0.4, -0.2) is 39.1 Å². The number of benzene rings is 2. The molecule has 0 radical (unpaired) electrons. The summed E-state index contributed by atoms with van der Waals surface area (Å²) in [7, 11) is 0. The molecular formula is C31H33F6NO3. The van der Waals surface area contributed by atoms with E-state index in [-0.39, 0.29) is 6.42 Å². The Hall–Kier alpha value is -3.40. The Morgan fingerprint density at radius 1 is 0.829 bits per heavy atom. The van der Waals surface area contributed by atoms with Crippen molar-refractivity contribution in [1.29, 1.82) is 0 Å². The van der Waals surface area contributed by atoms with Crippen LogP contribution in [0, 0.1) is 13.8 Å². The molecule has 0 atom stereocenters. The highest BCUT2D eigenvalue weighted by atomic mass is 19.4. The summed E-state index contributed by atoms with van der Waals surface area (Å²) in [4.78, 5) is 15.3. The van der Waals surface area contributed by atoms with Crippen molar-refractivity contribution in [3.63, 3.8) is 0 Å². The number of alkyl halides is 6. The number of hydrogen-bond acceptors (Lipinski definition) is 3. The molecule has 0 aliphatic heterocycles. The van der Waals surface area contributed by atoms with E-state index in [1.807, 2.05) is 39.0 Å². The van der Waals surface area contributed by atoms with Crippen LogP contribution in [-0.2, 0) is 23.1 Å². The first-order valence-corrected chi connectivity index (χ1v) is 13.2. The lowest BCUT2D eigenvalue weighted by molar-refractivity contribution is -0.369. The van der Waals surface area contributed by atoms with Gasteiger partial charge >= 0.3 is 18.3 Å². The lowest BCUT2D eigenvalue weighted by Crippen LogP contribution is -2.57. The fraction of sp³-hybridized carbons (Fsp3) is 0.419. The van der Waals surface area contributed by atoms with Gasteiger partial charge in [-0.05, 0) is 84.5 Å². The summed E-state index contributed by atoms with van der Waals surface area (Å²) in [6.45, 7) is 7.61. The molecule has 0 bridgehead atoms. The van der Waals surface area contributed by atoms with Gasteiger partial charge in [-0.2, -0.15) is 26.3 Å². The highest BCUT2D eigenvalue weighted by molar-refractivity contribution is 5.72. The van der Waals surface area contributed by atoms with E-state index >= 15 is 0 Å². The second-order valence-corrected chi connectivity index (χ2v) is 10.5. The molecule has 10 heteroatoms. The van der Waals surface area contributed by atoms with Crippen LogP contribution in [0.25, 0.3) is 11.1 Å². The Balaban J connectivity index is 1.96. The van der Waals surface area contributed by atoms with Crippen LogP contribution in [0.5, 0.6) is 0 Å². The minimum atomic E-state index is -5.85. The van der Waals surface area contributed by atoms with Crippen LogP contribution in [0.4, 0.5) is 26.3 Å². The summed E-state index contributed by atoms with van der Waals surface area (Å²) in [5.74, 6) is -0.954. The van der Waals surface area contributed by atoms with Gasteiger partial charge in [-0.3, -0.25) is 9.78 Å². The number of aryl methyl sites for hydroxylation is 3. The van der Waals surface area contributed by atoms with Crippen molar-refractivity contribution < 1.29 is 41.4 Å². The van der Waals surface area contributed by atoms with Gasteiger partial charge < -0.3 is 10.2 Å². The predicted molar refractivity (Wildman–Crippen MR) is 144 cm³/mol. The zero-order valence-electron chi connectivity index (χ0n) is 23.2. The number of nitrogens with zero attached hydrogens (tertiary/aromatic N) is 1. The molecule has 1 aromatic heterocycles. The molecule has 0 aliphatic carbocycles. The summed E-state index contributed by atoms with van der Waals surface area (Å²) >= 11 is 0. The Bertz CT molecular complexity index is 1380. The summed E-state index contributed by atoms with van der Waals surface area (Å²) in [5.41, 5.74) is 0.629. The van der Waals surface area contributed by atoms with Gasteiger partial charge in [0.25, 0.3) is 5.60 Å². The third-order valence-corrected chi connectivity index (χ3v) is 8.04. The Morgan fingerprint density at radius 3 is 1.88 bits per heavy atom. The minimum absolute atomic E-state index is 0.145. The highest BCUT2D eigenvalue weighted by Crippen LogP contribution is 2.46. The summed E-state index contributed by atoms with van der Waals surface area (Å²) < 4.78 is 78.9. The topological polar surface area (TPSA) is 70.4 Å². The largest absolute Gasteiger partial charge is 0.481 e. The number of pyridine rings is 1. The molecule has 0 unspecified atom stereocenters. The maximum atomic E-state index is 13.1. The maximum absolute atomic E-state index is 13.1. The van der Waals surface area contributed by atoms with Crippen LogP contribution < -0.4 is 0 Å². The van der Waals surface area contributed by atoms with Gasteiger partial charge in [0, 0.05) is 23.4 Å². The fourth-order valence-electron chi connectivity index (χ4n) is 5.46. The van der Waals surface area contributed by atoms with Crippen molar-refractivity contribution in [2.75, 3.05) is 0 Å². The molecule has 222 valence electrons. The van der Waals surface area contributed by atoms with Crippen LogP contribution in [0.1, 0.15) is 66.5 Å². The Labute approximate surface area is 235 Å². The van der Waals surface area contributed by atoms with E-state index in [2.05, 4.69) is 4.98 Å². The first-order chi connectivity index (χ1) is 19.0. The van der Waals surface area contributed by atoms with E-state index in [1.165, 1.54) is 6.20 Å². The number of aromatic nitrogens is 1. The number of aliphatic carboxylic acids is 1. The van der Waals surface area contributed by atoms with Crippen molar-refractivity contribution >= 4 is 5.97 Å². The molecule has 2 aromatic carbocycles. The lowest BCUT2D eigenvalue weighted by atomic mass is 9.69. The Morgan fingerprint density at radius 2 is 1.39 bits per heavy atom. The van der Waals surface area contributed by atoms with E-state index in [1.54, 1.807) is 37.4 Å². The van der Waals surface area contributed by atoms with Gasteiger partial charge in [-0.15, -0.1) is 0 Å². The van der Waals surface area contributed by atoms with Crippen LogP contribution in [0.3, 0.4) is 0 Å². The summed E-state index contributed by atoms with van der Waals surface area (Å²) in [5, 5.41) is 18.7. The molecular weight excluding hydrogens is 548 g/mol. The standard InChI is InChI=1S/C31H33F6NO3/c1-5-28(6-2,25-9-10-26(20(4)14-25)23-15-21(16-27(39)40)17-38-18-23)24-8-7-22(19(3)13-24)11-12-29(41,30(32,33)34)31(35,36)37/h7-10,13-15,17-18,41H,5-6,11-12,16H2,1-4H3,(H,39,40). The molecule has 3 aromatic rings. The SMILES string of the molecule is CCC(CC)(c1ccc(CCC(O)(C(F)(F)F)C(F)(F)F)c(C)c1)c1ccc(-c2cncc(CC(=O)O)c2)c(C)c1. The van der Waals surface area contributed by atoms with Gasteiger partial charge in [-0.25, -0.2) is 0 Å². The van der Waals surface area contributed by atoms with Crippen molar-refractivity contribution in [3.8, 4) is 11.1 Å². The molecule has 0 aliphatic rings. The molecule has 0 fully saturated rings. The van der Waals surface area contributed by atoms with E-state index in [0.29, 0.717) is 29.5 Å². The van der Waals surface area contributed by atoms with E-state index < -0.39 is 42.2 Å². The molecule has 0 saturated carbocycles. The zero-order valence-corrected chi connectivity index (χ0v) is 23.2. The number of carboxylic acids is 1. The van der Waals surface area contributed by atoms with Gasteiger partial charge in [0.2, 0.25) is 0 Å². The maximum Gasteiger partial charge on any atom is 0.426 e. The quantitative estimate of drug-likeness (QED) is 0.239. The van der Waals surface area contributed by atoms with Crippen molar-refractivity contribution in [1.82, 2.24) is 4.98 Å². The number of carbonyl (C=O) groups is 1. The molecule has 3 rings (SSSR count). The molecule has 2 N–H and O–H groups in total. The molecule has 0 amide bonds. The van der Waals surface area contributed by atoms with E-state index in [4.69, 9.17) is 5.11 Å². The predicted octanol–water partition coefficient (Wildman–Crippen LogP) is 7.89. The van der Waals surface area contributed by atoms with Crippen molar-refractivity contribution in [2.45, 2.75) is 83.2 Å². The van der Waals surface area contributed by atoms with Gasteiger partial charge in [0.05, 0.1) is 6.42 Å². The van der Waals surface area contributed by atoms with Crippen molar-refractivity contribution in [2.24, 2.45) is 0 Å². The molecule has 4 nitrogen and oxygen atoms in total. The number of carboxylic acid groups (broad SMARTS) is 1. The summed E-state index contributed by atoms with van der Waals surface area (Å²) in [6, 6.07) is 12.8. The van der Waals surface area contributed by atoms with Crippen LogP contribution >= 0.6 is 0 Å². The molecule has 0 spiro atoms. The van der Waals surface area contributed by atoms with E-state index in [9.17, 15) is 36.2 Å². The smallest absolute Gasteiger partial charge is 0.426 e. The van der Waals surface area contributed by atoms with Gasteiger partial charge in [0.15, 0.2) is 0 Å². The van der Waals surface area contributed by atoms with Crippen molar-refractivity contribution in [3.05, 3.63) is 88.2 Å². The zero-order chi connectivity index (χ0) is 30.8. The minimum Gasteiger partial charge on any atom is -0.481 e. The first-order valence-electron chi connectivity index (χ1n) is 13.2. The average molecular weight is 582 g/mol. The molecule has 0 saturated heterocycles. The summed E-state index contributed by atoms with van der Waals surface area (Å²) in [6.07, 6.45) is -9.44. The number of aliphatic hydroxyl groups is 1. The van der Waals surface area contributed by atoms with Crippen LogP contribution in [0.15, 0.2) is 54.9 Å². The third-order valence-electron chi connectivity index (χ3n) is 8.04. The van der Waals surface area contributed by atoms with Gasteiger partial charge in [-0.1, -0.05) is 50.2 Å². The monoisotopic (exact) mass is 581 g/mol. The lowest BCUT2D eigenvalue weighted by Gasteiger charge is -2.35. The number of halogens is 6. The fourth-order valence-corrected chi connectivity index (χ4v) is 5.46. The number of hydrogen-bond donors (Lipinski definition) is 2. The normalized spacial score (nSPS) is 13.0. The first kappa shape index (κ1) is 32.1. The second-order valence-electron chi connectivity index (χ2n) is 10.5.